The van der Waals surface area contributed by atoms with E-state index in [-0.39, 0.29) is 0 Å². The van der Waals surface area contributed by atoms with Gasteiger partial charge in [-0.05, 0) is 32.3 Å². The molecular weight excluding hydrogens is 298 g/mol. The molecule has 0 aliphatic heterocycles. The van der Waals surface area contributed by atoms with E-state index in [1.54, 1.807) is 6.07 Å². The van der Waals surface area contributed by atoms with Crippen molar-refractivity contribution in [1.82, 2.24) is 15.5 Å². The van der Waals surface area contributed by atoms with Crippen LogP contribution in [0.1, 0.15) is 60.8 Å². The molecule has 2 aromatic rings. The summed E-state index contributed by atoms with van der Waals surface area (Å²) in [6.07, 6.45) is 3.62. The van der Waals surface area contributed by atoms with Gasteiger partial charge in [0.1, 0.15) is 6.04 Å². The Kier molecular flexibility index (Phi) is 4.02. The van der Waals surface area contributed by atoms with Gasteiger partial charge in [0.2, 0.25) is 0 Å². The minimum absolute atomic E-state index is 0.350. The fraction of sp³-hybridized carbons (Fsp3) is 0.500. The Hall–Kier alpha value is -2.44. The van der Waals surface area contributed by atoms with Crippen LogP contribution in [0.2, 0.25) is 0 Å². The first-order chi connectivity index (χ1) is 11.0. The predicted molar refractivity (Wildman–Crippen MR) is 82.3 cm³/mol. The molecular formula is C16H19N3O4. The van der Waals surface area contributed by atoms with Gasteiger partial charge in [0.05, 0.1) is 16.6 Å². The molecule has 2 N–H and O–H groups in total. The summed E-state index contributed by atoms with van der Waals surface area (Å²) in [4.78, 5) is 28.0. The van der Waals surface area contributed by atoms with Gasteiger partial charge in [-0.1, -0.05) is 18.5 Å². The first-order valence-corrected chi connectivity index (χ1v) is 7.84. The van der Waals surface area contributed by atoms with Crippen molar-refractivity contribution in [3.8, 4) is 0 Å². The van der Waals surface area contributed by atoms with Crippen molar-refractivity contribution in [1.29, 1.82) is 0 Å². The first-order valence-electron chi connectivity index (χ1n) is 7.84. The number of amides is 1. The highest BCUT2D eigenvalue weighted by Crippen LogP contribution is 2.40. The van der Waals surface area contributed by atoms with Gasteiger partial charge in [0, 0.05) is 11.6 Å². The van der Waals surface area contributed by atoms with Crippen molar-refractivity contribution in [3.05, 3.63) is 23.0 Å². The summed E-state index contributed by atoms with van der Waals surface area (Å²) in [6.45, 7) is 3.44. The van der Waals surface area contributed by atoms with Gasteiger partial charge in [-0.15, -0.1) is 0 Å². The maximum absolute atomic E-state index is 12.6. The van der Waals surface area contributed by atoms with Crippen LogP contribution in [-0.4, -0.2) is 33.2 Å². The van der Waals surface area contributed by atoms with E-state index in [1.165, 1.54) is 6.92 Å². The van der Waals surface area contributed by atoms with Gasteiger partial charge in [0.15, 0.2) is 0 Å². The van der Waals surface area contributed by atoms with Crippen LogP contribution in [-0.2, 0) is 11.2 Å². The third-order valence-electron chi connectivity index (χ3n) is 3.98. The molecule has 0 radical (unpaired) electrons. The number of aliphatic carboxylic acids is 1. The second kappa shape index (κ2) is 5.98. The monoisotopic (exact) mass is 317 g/mol. The Labute approximate surface area is 133 Å². The molecule has 3 rings (SSSR count). The van der Waals surface area contributed by atoms with E-state index < -0.39 is 17.9 Å². The number of hydrogen-bond donors (Lipinski definition) is 2. The predicted octanol–water partition coefficient (Wildman–Crippen LogP) is 2.26. The van der Waals surface area contributed by atoms with Crippen LogP contribution in [0.25, 0.3) is 11.1 Å². The Morgan fingerprint density at radius 2 is 2.22 bits per heavy atom. The van der Waals surface area contributed by atoms with Crippen LogP contribution in [0, 0.1) is 0 Å². The van der Waals surface area contributed by atoms with Crippen LogP contribution in [0.5, 0.6) is 0 Å². The lowest BCUT2D eigenvalue weighted by Crippen LogP contribution is -2.38. The minimum atomic E-state index is -1.08. The minimum Gasteiger partial charge on any atom is -0.480 e. The van der Waals surface area contributed by atoms with Crippen molar-refractivity contribution in [2.75, 3.05) is 0 Å². The average molecular weight is 317 g/mol. The molecule has 2 aromatic heterocycles. The van der Waals surface area contributed by atoms with Crippen LogP contribution in [0.4, 0.5) is 0 Å². The zero-order valence-corrected chi connectivity index (χ0v) is 13.1. The Morgan fingerprint density at radius 1 is 1.48 bits per heavy atom. The highest BCUT2D eigenvalue weighted by molar-refractivity contribution is 6.07. The molecule has 1 aliphatic carbocycles. The summed E-state index contributed by atoms with van der Waals surface area (Å²) in [6, 6.07) is 0.782. The molecule has 1 saturated carbocycles. The zero-order valence-electron chi connectivity index (χ0n) is 13.1. The maximum Gasteiger partial charge on any atom is 0.325 e. The number of aryl methyl sites for hydroxylation is 1. The van der Waals surface area contributed by atoms with Gasteiger partial charge >= 0.3 is 5.97 Å². The molecule has 0 bridgehead atoms. The van der Waals surface area contributed by atoms with Crippen LogP contribution >= 0.6 is 0 Å². The molecule has 23 heavy (non-hydrogen) atoms. The number of aromatic nitrogens is 2. The highest BCUT2D eigenvalue weighted by Gasteiger charge is 2.29. The fourth-order valence-electron chi connectivity index (χ4n) is 2.54. The largest absolute Gasteiger partial charge is 0.480 e. The topological polar surface area (TPSA) is 105 Å². The highest BCUT2D eigenvalue weighted by atomic mass is 16.5. The molecule has 1 fully saturated rings. The van der Waals surface area contributed by atoms with Crippen LogP contribution < -0.4 is 5.32 Å². The molecule has 0 unspecified atom stereocenters. The summed E-state index contributed by atoms with van der Waals surface area (Å²) in [5.41, 5.74) is 2.25. The van der Waals surface area contributed by atoms with Crippen molar-refractivity contribution >= 4 is 23.0 Å². The molecule has 2 heterocycles. The number of pyridine rings is 1. The Bertz CT molecular complexity index is 764. The Morgan fingerprint density at radius 3 is 2.83 bits per heavy atom. The van der Waals surface area contributed by atoms with Crippen molar-refractivity contribution in [2.45, 2.75) is 51.5 Å². The lowest BCUT2D eigenvalue weighted by Gasteiger charge is -2.11. The molecule has 7 heteroatoms. The first kappa shape index (κ1) is 15.5. The van der Waals surface area contributed by atoms with E-state index in [1.807, 2.05) is 6.92 Å². The zero-order chi connectivity index (χ0) is 16.6. The number of carboxylic acid groups (broad SMARTS) is 1. The summed E-state index contributed by atoms with van der Waals surface area (Å²) in [5.74, 6) is -1.16. The van der Waals surface area contributed by atoms with Crippen LogP contribution in [0.15, 0.2) is 10.6 Å². The molecule has 1 amide bonds. The fourth-order valence-corrected chi connectivity index (χ4v) is 2.54. The number of nitrogens with zero attached hydrogens (tertiary/aromatic N) is 2. The van der Waals surface area contributed by atoms with Gasteiger partial charge in [0.25, 0.3) is 11.6 Å². The molecule has 7 nitrogen and oxygen atoms in total. The number of carboxylic acids is 1. The average Bonchev–Trinajstić information content (AvgIpc) is 3.29. The van der Waals surface area contributed by atoms with E-state index in [2.05, 4.69) is 15.5 Å². The standard InChI is InChI=1S/C16H19N3O4/c1-3-4-11-13-10(14(20)17-8(2)16(21)22)7-12(9-5-6-9)18-15(13)23-19-11/h7-9H,3-6H2,1-2H3,(H,17,20)(H,21,22)/t8-/m1/s1. The van der Waals surface area contributed by atoms with Gasteiger partial charge < -0.3 is 14.9 Å². The molecule has 122 valence electrons. The normalized spacial score (nSPS) is 15.6. The quantitative estimate of drug-likeness (QED) is 0.846. The van der Waals surface area contributed by atoms with Gasteiger partial charge in [-0.25, -0.2) is 4.98 Å². The second-order valence-corrected chi connectivity index (χ2v) is 5.96. The number of fused-ring (bicyclic) bond motifs is 1. The van der Waals surface area contributed by atoms with Crippen molar-refractivity contribution in [2.24, 2.45) is 0 Å². The van der Waals surface area contributed by atoms with E-state index in [4.69, 9.17) is 9.63 Å². The lowest BCUT2D eigenvalue weighted by atomic mass is 10.0. The van der Waals surface area contributed by atoms with Crippen molar-refractivity contribution < 1.29 is 19.2 Å². The Balaban J connectivity index is 2.05. The number of carbonyl (C=O) groups is 2. The molecule has 1 aliphatic rings. The lowest BCUT2D eigenvalue weighted by molar-refractivity contribution is -0.138. The van der Waals surface area contributed by atoms with E-state index >= 15 is 0 Å². The van der Waals surface area contributed by atoms with Crippen LogP contribution in [0.3, 0.4) is 0 Å². The number of nitrogens with one attached hydrogen (secondary N) is 1. The smallest absolute Gasteiger partial charge is 0.325 e. The molecule has 0 saturated heterocycles. The van der Waals surface area contributed by atoms with Gasteiger partial charge in [-0.2, -0.15) is 0 Å². The number of carbonyl (C=O) groups excluding carboxylic acids is 1. The summed E-state index contributed by atoms with van der Waals surface area (Å²) < 4.78 is 5.31. The third-order valence-corrected chi connectivity index (χ3v) is 3.98. The summed E-state index contributed by atoms with van der Waals surface area (Å²) in [7, 11) is 0. The van der Waals surface area contributed by atoms with E-state index in [0.29, 0.717) is 34.7 Å². The molecule has 0 aromatic carbocycles. The number of rotatable bonds is 6. The summed E-state index contributed by atoms with van der Waals surface area (Å²) in [5, 5.41) is 16.1. The van der Waals surface area contributed by atoms with E-state index in [0.717, 1.165) is 25.0 Å². The second-order valence-electron chi connectivity index (χ2n) is 5.96. The third kappa shape index (κ3) is 3.04. The SMILES string of the molecule is CCCc1noc2nc(C3CC3)cc(C(=O)N[C@H](C)C(=O)O)c12. The van der Waals surface area contributed by atoms with Crippen molar-refractivity contribution in [3.63, 3.8) is 0 Å². The maximum atomic E-state index is 12.6. The molecule has 1 atom stereocenters. The summed E-state index contributed by atoms with van der Waals surface area (Å²) >= 11 is 0. The van der Waals surface area contributed by atoms with Gasteiger partial charge in [-0.3, -0.25) is 9.59 Å². The van der Waals surface area contributed by atoms with E-state index in [9.17, 15) is 9.59 Å². The number of hydrogen-bond acceptors (Lipinski definition) is 5. The molecule has 0 spiro atoms.